The number of anilines is 1. The first-order valence-corrected chi connectivity index (χ1v) is 7.80. The molecule has 0 amide bonds. The molecule has 2 aliphatic rings. The minimum absolute atomic E-state index is 0.0405. The van der Waals surface area contributed by atoms with E-state index in [1.54, 1.807) is 4.90 Å². The predicted octanol–water partition coefficient (Wildman–Crippen LogP) is 3.02. The molecule has 3 rings (SSSR count). The van der Waals surface area contributed by atoms with Crippen molar-refractivity contribution in [2.45, 2.75) is 56.8 Å². The van der Waals surface area contributed by atoms with Gasteiger partial charge >= 0.3 is 6.18 Å². The standard InChI is InChI=1S/C15H20F3N3O/c16-15(17,18)13-6-7-19-14(20-13)21-9-11(22)8-12(21)10-4-2-1-3-5-10/h6-7,10-12,22H,1-5,8-9H2. The Morgan fingerprint density at radius 1 is 1.18 bits per heavy atom. The molecule has 22 heavy (non-hydrogen) atoms. The Labute approximate surface area is 127 Å². The third-order valence-electron chi connectivity index (χ3n) is 4.71. The van der Waals surface area contributed by atoms with Gasteiger partial charge in [-0.1, -0.05) is 19.3 Å². The Morgan fingerprint density at radius 2 is 1.91 bits per heavy atom. The van der Waals surface area contributed by atoms with E-state index in [0.717, 1.165) is 37.9 Å². The summed E-state index contributed by atoms with van der Waals surface area (Å²) in [7, 11) is 0. The van der Waals surface area contributed by atoms with Crippen molar-refractivity contribution in [3.63, 3.8) is 0 Å². The summed E-state index contributed by atoms with van der Waals surface area (Å²) in [4.78, 5) is 9.48. The molecule has 7 heteroatoms. The van der Waals surface area contributed by atoms with Crippen LogP contribution < -0.4 is 4.90 Å². The molecular formula is C15H20F3N3O. The van der Waals surface area contributed by atoms with E-state index in [2.05, 4.69) is 9.97 Å². The molecule has 4 nitrogen and oxygen atoms in total. The van der Waals surface area contributed by atoms with Gasteiger partial charge in [-0.3, -0.25) is 0 Å². The molecule has 2 fully saturated rings. The summed E-state index contributed by atoms with van der Waals surface area (Å²) in [5.41, 5.74) is -0.929. The van der Waals surface area contributed by atoms with Gasteiger partial charge in [0.2, 0.25) is 5.95 Å². The SMILES string of the molecule is OC1CC(C2CCCCC2)N(c2nccc(C(F)(F)F)n2)C1. The lowest BCUT2D eigenvalue weighted by atomic mass is 9.83. The molecular weight excluding hydrogens is 295 g/mol. The second kappa shape index (κ2) is 6.02. The number of hydrogen-bond donors (Lipinski definition) is 1. The first kappa shape index (κ1) is 15.5. The number of rotatable bonds is 2. The van der Waals surface area contributed by atoms with Crippen molar-refractivity contribution in [2.24, 2.45) is 5.92 Å². The number of halogens is 3. The maximum Gasteiger partial charge on any atom is 0.433 e. The molecule has 1 saturated carbocycles. The number of hydrogen-bond acceptors (Lipinski definition) is 4. The van der Waals surface area contributed by atoms with Crippen LogP contribution in [-0.2, 0) is 6.18 Å². The molecule has 0 radical (unpaired) electrons. The smallest absolute Gasteiger partial charge is 0.391 e. The number of aliphatic hydroxyl groups is 1. The monoisotopic (exact) mass is 315 g/mol. The summed E-state index contributed by atoms with van der Waals surface area (Å²) in [6.45, 7) is 0.308. The maximum absolute atomic E-state index is 12.8. The fourth-order valence-corrected chi connectivity index (χ4v) is 3.68. The van der Waals surface area contributed by atoms with E-state index >= 15 is 0 Å². The zero-order chi connectivity index (χ0) is 15.7. The normalized spacial score (nSPS) is 27.4. The summed E-state index contributed by atoms with van der Waals surface area (Å²) < 4.78 is 38.5. The van der Waals surface area contributed by atoms with E-state index in [9.17, 15) is 18.3 Å². The molecule has 2 heterocycles. The van der Waals surface area contributed by atoms with Crippen LogP contribution in [0.25, 0.3) is 0 Å². The van der Waals surface area contributed by atoms with Crippen LogP contribution in [0.3, 0.4) is 0 Å². The number of alkyl halides is 3. The van der Waals surface area contributed by atoms with Crippen molar-refractivity contribution >= 4 is 5.95 Å². The molecule has 1 aliphatic carbocycles. The molecule has 1 aromatic heterocycles. The van der Waals surface area contributed by atoms with Crippen LogP contribution in [0.15, 0.2) is 12.3 Å². The van der Waals surface area contributed by atoms with Crippen LogP contribution in [0.4, 0.5) is 19.1 Å². The molecule has 0 bridgehead atoms. The molecule has 2 atom stereocenters. The van der Waals surface area contributed by atoms with Gasteiger partial charge in [0.05, 0.1) is 6.10 Å². The molecule has 2 unspecified atom stereocenters. The van der Waals surface area contributed by atoms with E-state index in [-0.39, 0.29) is 12.0 Å². The molecule has 0 spiro atoms. The lowest BCUT2D eigenvalue weighted by molar-refractivity contribution is -0.141. The highest BCUT2D eigenvalue weighted by molar-refractivity contribution is 5.36. The van der Waals surface area contributed by atoms with Crippen LogP contribution in [-0.4, -0.2) is 33.8 Å². The van der Waals surface area contributed by atoms with Gasteiger partial charge in [-0.15, -0.1) is 0 Å². The molecule has 1 N–H and O–H groups in total. The zero-order valence-electron chi connectivity index (χ0n) is 12.3. The Bertz CT molecular complexity index is 517. The molecule has 122 valence electrons. The van der Waals surface area contributed by atoms with Crippen LogP contribution in [0.1, 0.15) is 44.2 Å². The van der Waals surface area contributed by atoms with Crippen molar-refractivity contribution in [3.8, 4) is 0 Å². The molecule has 1 aromatic rings. The number of aliphatic hydroxyl groups excluding tert-OH is 1. The first-order valence-electron chi connectivity index (χ1n) is 7.80. The maximum atomic E-state index is 12.8. The Hall–Kier alpha value is -1.37. The minimum Gasteiger partial charge on any atom is -0.391 e. The average molecular weight is 315 g/mol. The van der Waals surface area contributed by atoms with Gasteiger partial charge in [0.25, 0.3) is 0 Å². The van der Waals surface area contributed by atoms with E-state index in [1.165, 1.54) is 6.42 Å². The average Bonchev–Trinajstić information content (AvgIpc) is 2.89. The van der Waals surface area contributed by atoms with Crippen LogP contribution >= 0.6 is 0 Å². The van der Waals surface area contributed by atoms with Crippen molar-refractivity contribution in [3.05, 3.63) is 18.0 Å². The summed E-state index contributed by atoms with van der Waals surface area (Å²) in [5, 5.41) is 9.97. The van der Waals surface area contributed by atoms with Gasteiger partial charge in [-0.25, -0.2) is 9.97 Å². The zero-order valence-corrected chi connectivity index (χ0v) is 12.3. The van der Waals surface area contributed by atoms with E-state index < -0.39 is 18.0 Å². The van der Waals surface area contributed by atoms with E-state index in [4.69, 9.17) is 0 Å². The topological polar surface area (TPSA) is 49.2 Å². The van der Waals surface area contributed by atoms with Gasteiger partial charge in [0, 0.05) is 18.8 Å². The first-order chi connectivity index (χ1) is 10.4. The van der Waals surface area contributed by atoms with Crippen molar-refractivity contribution in [2.75, 3.05) is 11.4 Å². The highest BCUT2D eigenvalue weighted by Gasteiger charge is 2.39. The summed E-state index contributed by atoms with van der Waals surface area (Å²) in [6.07, 6.45) is 2.37. The Balaban J connectivity index is 1.85. The van der Waals surface area contributed by atoms with E-state index in [0.29, 0.717) is 18.9 Å². The summed E-state index contributed by atoms with van der Waals surface area (Å²) in [5.74, 6) is 0.492. The largest absolute Gasteiger partial charge is 0.433 e. The fourth-order valence-electron chi connectivity index (χ4n) is 3.68. The summed E-state index contributed by atoms with van der Waals surface area (Å²) >= 11 is 0. The van der Waals surface area contributed by atoms with Gasteiger partial charge < -0.3 is 10.0 Å². The fraction of sp³-hybridized carbons (Fsp3) is 0.733. The van der Waals surface area contributed by atoms with Crippen molar-refractivity contribution in [1.82, 2.24) is 9.97 Å². The van der Waals surface area contributed by atoms with Gasteiger partial charge in [-0.2, -0.15) is 13.2 Å². The molecule has 1 aliphatic heterocycles. The number of nitrogens with zero attached hydrogens (tertiary/aromatic N) is 3. The molecule has 0 aromatic carbocycles. The predicted molar refractivity (Wildman–Crippen MR) is 75.4 cm³/mol. The lowest BCUT2D eigenvalue weighted by Crippen LogP contribution is -2.38. The highest BCUT2D eigenvalue weighted by atomic mass is 19.4. The summed E-state index contributed by atoms with van der Waals surface area (Å²) in [6, 6.07) is 0.921. The third kappa shape index (κ3) is 3.19. The van der Waals surface area contributed by atoms with Crippen LogP contribution in [0, 0.1) is 5.92 Å². The minimum atomic E-state index is -4.48. The van der Waals surface area contributed by atoms with Crippen molar-refractivity contribution in [1.29, 1.82) is 0 Å². The Morgan fingerprint density at radius 3 is 2.59 bits per heavy atom. The van der Waals surface area contributed by atoms with Crippen molar-refractivity contribution < 1.29 is 18.3 Å². The second-order valence-corrected chi connectivity index (χ2v) is 6.25. The number of aromatic nitrogens is 2. The van der Waals surface area contributed by atoms with E-state index in [1.807, 2.05) is 0 Å². The van der Waals surface area contributed by atoms with Crippen LogP contribution in [0.2, 0.25) is 0 Å². The highest BCUT2D eigenvalue weighted by Crippen LogP contribution is 2.36. The lowest BCUT2D eigenvalue weighted by Gasteiger charge is -2.33. The number of β-amino-alcohol motifs (C(OH)–C–C–N with tert-alkyl or cyclic N) is 1. The third-order valence-corrected chi connectivity index (χ3v) is 4.71. The van der Waals surface area contributed by atoms with Gasteiger partial charge in [-0.05, 0) is 31.2 Å². The second-order valence-electron chi connectivity index (χ2n) is 6.25. The Kier molecular flexibility index (Phi) is 4.25. The van der Waals surface area contributed by atoms with Gasteiger partial charge in [0.1, 0.15) is 5.69 Å². The van der Waals surface area contributed by atoms with Crippen LogP contribution in [0.5, 0.6) is 0 Å². The molecule has 1 saturated heterocycles. The quantitative estimate of drug-likeness (QED) is 0.911. The van der Waals surface area contributed by atoms with Gasteiger partial charge in [0.15, 0.2) is 0 Å².